The van der Waals surface area contributed by atoms with Crippen molar-refractivity contribution in [3.63, 3.8) is 0 Å². The SMILES string of the molecule is CNCC1C(=O)NCCC(C)N1Cc1ccccn1. The lowest BCUT2D eigenvalue weighted by Gasteiger charge is -2.32. The minimum absolute atomic E-state index is 0.106. The van der Waals surface area contributed by atoms with Crippen LogP contribution in [0.1, 0.15) is 19.0 Å². The van der Waals surface area contributed by atoms with Gasteiger partial charge < -0.3 is 10.6 Å². The molecule has 1 aromatic heterocycles. The Balaban J connectivity index is 2.17. The quantitative estimate of drug-likeness (QED) is 0.823. The molecule has 5 heteroatoms. The number of carbonyl (C=O) groups excluding carboxylic acids is 1. The summed E-state index contributed by atoms with van der Waals surface area (Å²) in [5, 5.41) is 6.09. The van der Waals surface area contributed by atoms with E-state index < -0.39 is 0 Å². The first kappa shape index (κ1) is 14.0. The molecule has 2 N–H and O–H groups in total. The molecule has 2 rings (SSSR count). The predicted molar refractivity (Wildman–Crippen MR) is 74.6 cm³/mol. The molecule has 1 aliphatic rings. The molecule has 2 atom stereocenters. The average Bonchev–Trinajstić information content (AvgIpc) is 2.54. The molecule has 2 unspecified atom stereocenters. The monoisotopic (exact) mass is 262 g/mol. The zero-order valence-corrected chi connectivity index (χ0v) is 11.6. The molecule has 0 bridgehead atoms. The van der Waals surface area contributed by atoms with Crippen LogP contribution in [0.25, 0.3) is 0 Å². The van der Waals surface area contributed by atoms with E-state index in [2.05, 4.69) is 27.4 Å². The first-order valence-corrected chi connectivity index (χ1v) is 6.80. The maximum atomic E-state index is 12.1. The van der Waals surface area contributed by atoms with Gasteiger partial charge in [0.15, 0.2) is 0 Å². The van der Waals surface area contributed by atoms with Crippen molar-refractivity contribution in [1.82, 2.24) is 20.5 Å². The fourth-order valence-electron chi connectivity index (χ4n) is 2.49. The van der Waals surface area contributed by atoms with E-state index in [4.69, 9.17) is 0 Å². The number of hydrogen-bond acceptors (Lipinski definition) is 4. The Hall–Kier alpha value is -1.46. The molecule has 5 nitrogen and oxygen atoms in total. The molecule has 0 aromatic carbocycles. The number of nitrogens with zero attached hydrogens (tertiary/aromatic N) is 2. The summed E-state index contributed by atoms with van der Waals surface area (Å²) in [6.45, 7) is 4.29. The van der Waals surface area contributed by atoms with Crippen molar-refractivity contribution in [2.45, 2.75) is 32.0 Å². The third-order valence-electron chi connectivity index (χ3n) is 3.60. The Morgan fingerprint density at radius 1 is 1.53 bits per heavy atom. The van der Waals surface area contributed by atoms with E-state index in [-0.39, 0.29) is 11.9 Å². The lowest BCUT2D eigenvalue weighted by molar-refractivity contribution is -0.126. The summed E-state index contributed by atoms with van der Waals surface area (Å²) >= 11 is 0. The van der Waals surface area contributed by atoms with E-state index in [0.717, 1.165) is 18.7 Å². The highest BCUT2D eigenvalue weighted by Crippen LogP contribution is 2.15. The molecular formula is C14H22N4O. The molecule has 2 heterocycles. The van der Waals surface area contributed by atoms with Crippen LogP contribution in [0.2, 0.25) is 0 Å². The number of likely N-dealkylation sites (N-methyl/N-ethyl adjacent to an activating group) is 1. The van der Waals surface area contributed by atoms with E-state index in [1.165, 1.54) is 0 Å². The van der Waals surface area contributed by atoms with Crippen LogP contribution in [-0.2, 0) is 11.3 Å². The number of nitrogens with one attached hydrogen (secondary N) is 2. The normalized spacial score (nSPS) is 24.8. The molecule has 0 saturated carbocycles. The molecule has 1 amide bonds. The summed E-state index contributed by atoms with van der Waals surface area (Å²) in [6, 6.07) is 6.13. The second-order valence-corrected chi connectivity index (χ2v) is 5.00. The minimum Gasteiger partial charge on any atom is -0.355 e. The summed E-state index contributed by atoms with van der Waals surface area (Å²) in [5.74, 6) is 0.106. The van der Waals surface area contributed by atoms with Gasteiger partial charge in [0.1, 0.15) is 6.04 Å². The Labute approximate surface area is 114 Å². The summed E-state index contributed by atoms with van der Waals surface area (Å²) in [6.07, 6.45) is 2.77. The molecule has 19 heavy (non-hydrogen) atoms. The number of carbonyl (C=O) groups is 1. The van der Waals surface area contributed by atoms with Gasteiger partial charge in [0.2, 0.25) is 5.91 Å². The van der Waals surface area contributed by atoms with E-state index in [1.54, 1.807) is 6.20 Å². The largest absolute Gasteiger partial charge is 0.355 e. The van der Waals surface area contributed by atoms with Gasteiger partial charge >= 0.3 is 0 Å². The van der Waals surface area contributed by atoms with E-state index >= 15 is 0 Å². The van der Waals surface area contributed by atoms with Crippen molar-refractivity contribution in [2.75, 3.05) is 20.1 Å². The van der Waals surface area contributed by atoms with Crippen molar-refractivity contribution >= 4 is 5.91 Å². The molecule has 0 aliphatic carbocycles. The second-order valence-electron chi connectivity index (χ2n) is 5.00. The van der Waals surface area contributed by atoms with Crippen molar-refractivity contribution in [2.24, 2.45) is 0 Å². The fourth-order valence-corrected chi connectivity index (χ4v) is 2.49. The lowest BCUT2D eigenvalue weighted by Crippen LogP contribution is -2.51. The van der Waals surface area contributed by atoms with Crippen molar-refractivity contribution in [3.05, 3.63) is 30.1 Å². The van der Waals surface area contributed by atoms with Crippen LogP contribution in [-0.4, -0.2) is 48.0 Å². The van der Waals surface area contributed by atoms with Crippen LogP contribution >= 0.6 is 0 Å². The summed E-state index contributed by atoms with van der Waals surface area (Å²) in [7, 11) is 1.88. The van der Waals surface area contributed by atoms with Crippen LogP contribution < -0.4 is 10.6 Å². The zero-order valence-electron chi connectivity index (χ0n) is 11.6. The fraction of sp³-hybridized carbons (Fsp3) is 0.571. The highest BCUT2D eigenvalue weighted by atomic mass is 16.2. The van der Waals surface area contributed by atoms with Gasteiger partial charge in [0.25, 0.3) is 0 Å². The molecular weight excluding hydrogens is 240 g/mol. The topological polar surface area (TPSA) is 57.3 Å². The third-order valence-corrected chi connectivity index (χ3v) is 3.60. The minimum atomic E-state index is -0.135. The first-order valence-electron chi connectivity index (χ1n) is 6.80. The average molecular weight is 262 g/mol. The van der Waals surface area contributed by atoms with Gasteiger partial charge in [-0.1, -0.05) is 6.07 Å². The smallest absolute Gasteiger partial charge is 0.238 e. The molecule has 0 radical (unpaired) electrons. The van der Waals surface area contributed by atoms with Crippen LogP contribution in [0.5, 0.6) is 0 Å². The molecule has 1 fully saturated rings. The Bertz CT molecular complexity index is 409. The highest BCUT2D eigenvalue weighted by molar-refractivity contribution is 5.82. The van der Waals surface area contributed by atoms with Gasteiger partial charge in [0, 0.05) is 31.9 Å². The standard InChI is InChI=1S/C14H22N4O/c1-11-6-8-17-14(19)13(9-15-2)18(11)10-12-5-3-4-7-16-12/h3-5,7,11,13,15H,6,8-10H2,1-2H3,(H,17,19). The van der Waals surface area contributed by atoms with E-state index in [1.807, 2.05) is 25.2 Å². The summed E-state index contributed by atoms with van der Waals surface area (Å²) in [4.78, 5) is 18.7. The number of hydrogen-bond donors (Lipinski definition) is 2. The molecule has 0 spiro atoms. The summed E-state index contributed by atoms with van der Waals surface area (Å²) < 4.78 is 0. The van der Waals surface area contributed by atoms with Gasteiger partial charge in [0.05, 0.1) is 5.69 Å². The molecule has 104 valence electrons. The predicted octanol–water partition coefficient (Wildman–Crippen LogP) is 0.380. The van der Waals surface area contributed by atoms with Gasteiger partial charge in [-0.05, 0) is 32.5 Å². The van der Waals surface area contributed by atoms with Crippen LogP contribution in [0.3, 0.4) is 0 Å². The van der Waals surface area contributed by atoms with Gasteiger partial charge in [-0.3, -0.25) is 14.7 Å². The number of amides is 1. The number of aromatic nitrogens is 1. The third kappa shape index (κ3) is 3.52. The summed E-state index contributed by atoms with van der Waals surface area (Å²) in [5.41, 5.74) is 1.00. The number of rotatable bonds is 4. The number of pyridine rings is 1. The molecule has 1 saturated heterocycles. The van der Waals surface area contributed by atoms with Gasteiger partial charge in [-0.15, -0.1) is 0 Å². The van der Waals surface area contributed by atoms with Crippen LogP contribution in [0.4, 0.5) is 0 Å². The molecule has 1 aliphatic heterocycles. The highest BCUT2D eigenvalue weighted by Gasteiger charge is 2.31. The Morgan fingerprint density at radius 3 is 3.05 bits per heavy atom. The Morgan fingerprint density at radius 2 is 2.37 bits per heavy atom. The van der Waals surface area contributed by atoms with Crippen molar-refractivity contribution in [3.8, 4) is 0 Å². The second kappa shape index (κ2) is 6.63. The maximum absolute atomic E-state index is 12.1. The lowest BCUT2D eigenvalue weighted by atomic mass is 10.1. The maximum Gasteiger partial charge on any atom is 0.238 e. The Kier molecular flexibility index (Phi) is 4.87. The van der Waals surface area contributed by atoms with Crippen LogP contribution in [0, 0.1) is 0 Å². The van der Waals surface area contributed by atoms with Crippen molar-refractivity contribution in [1.29, 1.82) is 0 Å². The molecule has 1 aromatic rings. The van der Waals surface area contributed by atoms with E-state index in [9.17, 15) is 4.79 Å². The van der Waals surface area contributed by atoms with Crippen molar-refractivity contribution < 1.29 is 4.79 Å². The van der Waals surface area contributed by atoms with Crippen LogP contribution in [0.15, 0.2) is 24.4 Å². The zero-order chi connectivity index (χ0) is 13.7. The van der Waals surface area contributed by atoms with Gasteiger partial charge in [-0.2, -0.15) is 0 Å². The van der Waals surface area contributed by atoms with Gasteiger partial charge in [-0.25, -0.2) is 0 Å². The first-order chi connectivity index (χ1) is 9.22. The van der Waals surface area contributed by atoms with E-state index in [0.29, 0.717) is 19.1 Å².